The van der Waals surface area contributed by atoms with E-state index in [9.17, 15) is 0 Å². The minimum atomic E-state index is 0.637. The highest BCUT2D eigenvalue weighted by atomic mass is 14.9. The monoisotopic (exact) mass is 169 g/mol. The van der Waals surface area contributed by atoms with Crippen molar-refractivity contribution < 1.29 is 0 Å². The second-order valence-electron chi connectivity index (χ2n) is 4.74. The summed E-state index contributed by atoms with van der Waals surface area (Å²) in [4.78, 5) is 0. The van der Waals surface area contributed by atoms with Crippen LogP contribution in [0.3, 0.4) is 0 Å². The molecule has 1 saturated carbocycles. The summed E-state index contributed by atoms with van der Waals surface area (Å²) in [6.45, 7) is 7.05. The van der Waals surface area contributed by atoms with Gasteiger partial charge < -0.3 is 5.32 Å². The average Bonchev–Trinajstić information content (AvgIpc) is 2.79. The first kappa shape index (κ1) is 10.0. The quantitative estimate of drug-likeness (QED) is 0.667. The van der Waals surface area contributed by atoms with Crippen molar-refractivity contribution in [3.05, 3.63) is 0 Å². The molecule has 1 aliphatic rings. The van der Waals surface area contributed by atoms with Gasteiger partial charge in [0.1, 0.15) is 0 Å². The van der Waals surface area contributed by atoms with Crippen LogP contribution in [0.4, 0.5) is 0 Å². The van der Waals surface area contributed by atoms with Crippen LogP contribution in [0.15, 0.2) is 0 Å². The molecule has 0 amide bonds. The molecule has 0 aromatic carbocycles. The molecule has 1 fully saturated rings. The van der Waals surface area contributed by atoms with Crippen LogP contribution in [0.2, 0.25) is 0 Å². The Morgan fingerprint density at radius 1 is 1.42 bits per heavy atom. The summed E-state index contributed by atoms with van der Waals surface area (Å²) < 4.78 is 0. The molecule has 2 unspecified atom stereocenters. The molecule has 2 atom stereocenters. The van der Waals surface area contributed by atoms with Crippen LogP contribution in [0, 0.1) is 11.3 Å². The fourth-order valence-corrected chi connectivity index (χ4v) is 1.87. The fraction of sp³-hybridized carbons (Fsp3) is 1.00. The number of rotatable bonds is 5. The summed E-state index contributed by atoms with van der Waals surface area (Å²) in [5.41, 5.74) is 0.637. The molecule has 1 aliphatic carbocycles. The summed E-state index contributed by atoms with van der Waals surface area (Å²) in [5, 5.41) is 3.47. The summed E-state index contributed by atoms with van der Waals surface area (Å²) in [6.07, 6.45) is 5.52. The zero-order valence-electron chi connectivity index (χ0n) is 8.98. The maximum Gasteiger partial charge on any atom is 0.0120 e. The Morgan fingerprint density at radius 3 is 2.33 bits per heavy atom. The Balaban J connectivity index is 2.35. The first-order valence-corrected chi connectivity index (χ1v) is 5.29. The highest BCUT2D eigenvalue weighted by Crippen LogP contribution is 2.49. The lowest BCUT2D eigenvalue weighted by molar-refractivity contribution is 0.309. The van der Waals surface area contributed by atoms with Gasteiger partial charge in [-0.1, -0.05) is 27.2 Å². The highest BCUT2D eigenvalue weighted by Gasteiger charge is 2.43. The van der Waals surface area contributed by atoms with E-state index in [1.54, 1.807) is 0 Å². The molecular formula is C11H23N. The third kappa shape index (κ3) is 2.22. The van der Waals surface area contributed by atoms with Gasteiger partial charge in [-0.05, 0) is 37.6 Å². The number of hydrogen-bond donors (Lipinski definition) is 1. The highest BCUT2D eigenvalue weighted by molar-refractivity contribution is 4.98. The van der Waals surface area contributed by atoms with Crippen molar-refractivity contribution in [1.29, 1.82) is 0 Å². The van der Waals surface area contributed by atoms with Crippen LogP contribution >= 0.6 is 0 Å². The molecule has 0 saturated heterocycles. The molecule has 1 nitrogen and oxygen atoms in total. The zero-order chi connectivity index (χ0) is 9.19. The topological polar surface area (TPSA) is 12.0 Å². The Morgan fingerprint density at radius 2 is 2.00 bits per heavy atom. The zero-order valence-corrected chi connectivity index (χ0v) is 8.98. The van der Waals surface area contributed by atoms with Crippen LogP contribution in [0.5, 0.6) is 0 Å². The molecule has 72 valence electrons. The second-order valence-corrected chi connectivity index (χ2v) is 4.74. The van der Waals surface area contributed by atoms with Crippen molar-refractivity contribution in [3.63, 3.8) is 0 Å². The smallest absolute Gasteiger partial charge is 0.0120 e. The normalized spacial score (nSPS) is 25.0. The van der Waals surface area contributed by atoms with E-state index in [4.69, 9.17) is 0 Å². The first-order valence-electron chi connectivity index (χ1n) is 5.29. The second kappa shape index (κ2) is 3.78. The third-order valence-electron chi connectivity index (χ3n) is 3.56. The van der Waals surface area contributed by atoms with Crippen LogP contribution in [-0.2, 0) is 0 Å². The van der Waals surface area contributed by atoms with Gasteiger partial charge in [-0.15, -0.1) is 0 Å². The predicted octanol–water partition coefficient (Wildman–Crippen LogP) is 2.81. The molecule has 1 rings (SSSR count). The minimum Gasteiger partial charge on any atom is -0.316 e. The van der Waals surface area contributed by atoms with Crippen LogP contribution < -0.4 is 5.32 Å². The Kier molecular flexibility index (Phi) is 3.16. The summed E-state index contributed by atoms with van der Waals surface area (Å²) in [7, 11) is 2.11. The summed E-state index contributed by atoms with van der Waals surface area (Å²) >= 11 is 0. The first-order chi connectivity index (χ1) is 5.62. The van der Waals surface area contributed by atoms with Crippen molar-refractivity contribution in [2.24, 2.45) is 11.3 Å². The molecule has 0 aromatic rings. The predicted molar refractivity (Wildman–Crippen MR) is 54.3 cm³/mol. The Hall–Kier alpha value is -0.0400. The molecule has 1 N–H and O–H groups in total. The third-order valence-corrected chi connectivity index (χ3v) is 3.56. The molecule has 1 heteroatoms. The van der Waals surface area contributed by atoms with Gasteiger partial charge >= 0.3 is 0 Å². The van der Waals surface area contributed by atoms with Crippen molar-refractivity contribution in [2.45, 2.75) is 52.5 Å². The molecule has 0 spiro atoms. The average molecular weight is 169 g/mol. The molecule has 0 bridgehead atoms. The van der Waals surface area contributed by atoms with E-state index < -0.39 is 0 Å². The lowest BCUT2D eigenvalue weighted by Crippen LogP contribution is -2.34. The van der Waals surface area contributed by atoms with Gasteiger partial charge in [-0.25, -0.2) is 0 Å². The summed E-state index contributed by atoms with van der Waals surface area (Å²) in [6, 6.07) is 0.757. The molecule has 0 radical (unpaired) electrons. The molecule has 0 aliphatic heterocycles. The van der Waals surface area contributed by atoms with Gasteiger partial charge in [-0.3, -0.25) is 0 Å². The van der Waals surface area contributed by atoms with Crippen molar-refractivity contribution >= 4 is 0 Å². The Bertz CT molecular complexity index is 138. The van der Waals surface area contributed by atoms with Crippen molar-refractivity contribution in [3.8, 4) is 0 Å². The van der Waals surface area contributed by atoms with Crippen LogP contribution in [-0.4, -0.2) is 13.1 Å². The standard InChI is InChI=1S/C11H23N/c1-5-9(2)8-10(12-4)11(3)6-7-11/h9-10,12H,5-8H2,1-4H3. The van der Waals surface area contributed by atoms with E-state index in [1.807, 2.05) is 0 Å². The molecule has 0 heterocycles. The van der Waals surface area contributed by atoms with E-state index in [-0.39, 0.29) is 0 Å². The molecule has 12 heavy (non-hydrogen) atoms. The largest absolute Gasteiger partial charge is 0.316 e. The Labute approximate surface area is 76.9 Å². The van der Waals surface area contributed by atoms with Gasteiger partial charge in [-0.2, -0.15) is 0 Å². The van der Waals surface area contributed by atoms with Crippen LogP contribution in [0.1, 0.15) is 46.5 Å². The van der Waals surface area contributed by atoms with Gasteiger partial charge in [0, 0.05) is 6.04 Å². The number of hydrogen-bond acceptors (Lipinski definition) is 1. The number of nitrogens with one attached hydrogen (secondary N) is 1. The lowest BCUT2D eigenvalue weighted by atomic mass is 9.89. The maximum absolute atomic E-state index is 3.47. The SMILES string of the molecule is CCC(C)CC(NC)C1(C)CC1. The van der Waals surface area contributed by atoms with Crippen LogP contribution in [0.25, 0.3) is 0 Å². The maximum atomic E-state index is 3.47. The van der Waals surface area contributed by atoms with Crippen molar-refractivity contribution in [1.82, 2.24) is 5.32 Å². The van der Waals surface area contributed by atoms with Crippen molar-refractivity contribution in [2.75, 3.05) is 7.05 Å². The summed E-state index contributed by atoms with van der Waals surface area (Å²) in [5.74, 6) is 0.875. The lowest BCUT2D eigenvalue weighted by Gasteiger charge is -2.25. The van der Waals surface area contributed by atoms with Gasteiger partial charge in [0.25, 0.3) is 0 Å². The van der Waals surface area contributed by atoms with E-state index >= 15 is 0 Å². The van der Waals surface area contributed by atoms with Gasteiger partial charge in [0.05, 0.1) is 0 Å². The van der Waals surface area contributed by atoms with E-state index in [1.165, 1.54) is 25.7 Å². The molecule has 0 aromatic heterocycles. The minimum absolute atomic E-state index is 0.637. The molecular weight excluding hydrogens is 146 g/mol. The van der Waals surface area contributed by atoms with E-state index in [0.29, 0.717) is 5.41 Å². The van der Waals surface area contributed by atoms with Gasteiger partial charge in [0.15, 0.2) is 0 Å². The van der Waals surface area contributed by atoms with E-state index in [0.717, 1.165) is 12.0 Å². The fourth-order valence-electron chi connectivity index (χ4n) is 1.87. The van der Waals surface area contributed by atoms with Gasteiger partial charge in [0.2, 0.25) is 0 Å². The van der Waals surface area contributed by atoms with E-state index in [2.05, 4.69) is 33.1 Å².